The molecule has 12 heteroatoms. The van der Waals surface area contributed by atoms with Crippen molar-refractivity contribution in [3.8, 4) is 5.75 Å². The lowest BCUT2D eigenvalue weighted by Crippen LogP contribution is -2.31. The van der Waals surface area contributed by atoms with Crippen LogP contribution in [-0.2, 0) is 34.0 Å². The van der Waals surface area contributed by atoms with Crippen LogP contribution in [0.2, 0.25) is 0 Å². The number of methoxy groups -OCH3 is 1. The van der Waals surface area contributed by atoms with Gasteiger partial charge in [-0.05, 0) is 31.4 Å². The Kier molecular flexibility index (Phi) is 5.59. The van der Waals surface area contributed by atoms with Crippen molar-refractivity contribution in [1.29, 1.82) is 0 Å². The number of carboxylic acid groups (broad SMARTS) is 1. The summed E-state index contributed by atoms with van der Waals surface area (Å²) in [6.07, 6.45) is -1.86. The number of halogens is 3. The molecule has 2 aromatic rings. The molecule has 0 spiro atoms. The lowest BCUT2D eigenvalue weighted by molar-refractivity contribution is -0.138. The summed E-state index contributed by atoms with van der Waals surface area (Å²) in [6, 6.07) is 1.54. The number of alkyl halides is 3. The van der Waals surface area contributed by atoms with Gasteiger partial charge in [0, 0.05) is 17.3 Å². The van der Waals surface area contributed by atoms with Gasteiger partial charge in [-0.1, -0.05) is 0 Å². The Hall–Kier alpha value is -2.60. The molecule has 8 nitrogen and oxygen atoms in total. The Bertz CT molecular complexity index is 1030. The predicted octanol–water partition coefficient (Wildman–Crippen LogP) is 2.35. The third kappa shape index (κ3) is 4.53. The second-order valence-electron chi connectivity index (χ2n) is 6.56. The fraction of sp³-hybridized carbons (Fsp3) is 0.412. The maximum Gasteiger partial charge on any atom is 0.416 e. The first-order valence-corrected chi connectivity index (χ1v) is 10.0. The number of ether oxygens (including phenoxy) is 1. The van der Waals surface area contributed by atoms with Gasteiger partial charge >= 0.3 is 12.1 Å². The van der Waals surface area contributed by atoms with Crippen molar-refractivity contribution in [1.82, 2.24) is 14.5 Å². The fourth-order valence-electron chi connectivity index (χ4n) is 3.27. The van der Waals surface area contributed by atoms with Gasteiger partial charge in [-0.3, -0.25) is 9.48 Å². The van der Waals surface area contributed by atoms with Crippen LogP contribution in [-0.4, -0.2) is 36.4 Å². The van der Waals surface area contributed by atoms with Crippen molar-refractivity contribution < 1.29 is 36.2 Å². The molecule has 158 valence electrons. The second-order valence-corrected chi connectivity index (χ2v) is 8.27. The molecule has 1 atom stereocenters. The molecule has 1 aromatic carbocycles. The van der Waals surface area contributed by atoms with E-state index in [-0.39, 0.29) is 12.3 Å². The van der Waals surface area contributed by atoms with E-state index in [1.54, 1.807) is 0 Å². The zero-order chi connectivity index (χ0) is 21.4. The highest BCUT2D eigenvalue weighted by Gasteiger charge is 2.34. The molecular weight excluding hydrogens is 415 g/mol. The van der Waals surface area contributed by atoms with Crippen LogP contribution in [0.3, 0.4) is 0 Å². The van der Waals surface area contributed by atoms with Gasteiger partial charge in [0.1, 0.15) is 12.3 Å². The SMILES string of the molecule is COc1cc(C(F)(F)F)cc(S(=O)(=O)N[C@@H]2CCCc3c2cnn3CC(=O)O)c1. The summed E-state index contributed by atoms with van der Waals surface area (Å²) in [6.45, 7) is -0.361. The van der Waals surface area contributed by atoms with E-state index >= 15 is 0 Å². The van der Waals surface area contributed by atoms with Gasteiger partial charge in [0.05, 0.1) is 29.8 Å². The van der Waals surface area contributed by atoms with E-state index in [0.29, 0.717) is 42.7 Å². The number of hydrogen-bond acceptors (Lipinski definition) is 5. The zero-order valence-corrected chi connectivity index (χ0v) is 16.0. The van der Waals surface area contributed by atoms with E-state index < -0.39 is 38.7 Å². The molecule has 0 saturated heterocycles. The molecule has 1 aliphatic rings. The number of aromatic nitrogens is 2. The van der Waals surface area contributed by atoms with Gasteiger partial charge in [0.15, 0.2) is 0 Å². The van der Waals surface area contributed by atoms with Crippen LogP contribution in [0.1, 0.15) is 35.7 Å². The van der Waals surface area contributed by atoms with Crippen molar-refractivity contribution in [2.45, 2.75) is 42.9 Å². The van der Waals surface area contributed by atoms with Crippen LogP contribution in [0.4, 0.5) is 13.2 Å². The number of rotatable bonds is 6. The number of aliphatic carboxylic acids is 1. The molecule has 29 heavy (non-hydrogen) atoms. The van der Waals surface area contributed by atoms with Crippen LogP contribution in [0.5, 0.6) is 5.75 Å². The van der Waals surface area contributed by atoms with Gasteiger partial charge in [-0.25, -0.2) is 13.1 Å². The highest BCUT2D eigenvalue weighted by atomic mass is 32.2. The topological polar surface area (TPSA) is 111 Å². The summed E-state index contributed by atoms with van der Waals surface area (Å²) < 4.78 is 73.4. The zero-order valence-electron chi connectivity index (χ0n) is 15.2. The lowest BCUT2D eigenvalue weighted by Gasteiger charge is -2.24. The minimum Gasteiger partial charge on any atom is -0.497 e. The average Bonchev–Trinajstić information content (AvgIpc) is 3.03. The van der Waals surface area contributed by atoms with Crippen molar-refractivity contribution in [2.24, 2.45) is 0 Å². The van der Waals surface area contributed by atoms with Gasteiger partial charge in [0.25, 0.3) is 0 Å². The minimum absolute atomic E-state index is 0.237. The summed E-state index contributed by atoms with van der Waals surface area (Å²) in [5.41, 5.74) is -0.0381. The van der Waals surface area contributed by atoms with Gasteiger partial charge in [0.2, 0.25) is 10.0 Å². The molecule has 0 saturated carbocycles. The maximum absolute atomic E-state index is 13.1. The fourth-order valence-corrected chi connectivity index (χ4v) is 4.58. The monoisotopic (exact) mass is 433 g/mol. The van der Waals surface area contributed by atoms with Crippen molar-refractivity contribution in [2.75, 3.05) is 7.11 Å². The van der Waals surface area contributed by atoms with E-state index in [1.165, 1.54) is 10.9 Å². The summed E-state index contributed by atoms with van der Waals surface area (Å²) in [4.78, 5) is 10.4. The van der Waals surface area contributed by atoms with E-state index in [9.17, 15) is 26.4 Å². The van der Waals surface area contributed by atoms with E-state index in [4.69, 9.17) is 9.84 Å². The molecule has 0 amide bonds. The predicted molar refractivity (Wildman–Crippen MR) is 93.9 cm³/mol. The smallest absolute Gasteiger partial charge is 0.416 e. The molecule has 1 aliphatic carbocycles. The van der Waals surface area contributed by atoms with Crippen molar-refractivity contribution in [3.05, 3.63) is 41.2 Å². The number of sulfonamides is 1. The number of nitrogens with one attached hydrogen (secondary N) is 1. The van der Waals surface area contributed by atoms with Crippen LogP contribution in [0.15, 0.2) is 29.3 Å². The van der Waals surface area contributed by atoms with Crippen LogP contribution in [0.25, 0.3) is 0 Å². The molecule has 1 aromatic heterocycles. The third-order valence-electron chi connectivity index (χ3n) is 4.60. The molecule has 1 heterocycles. The van der Waals surface area contributed by atoms with Crippen LogP contribution >= 0.6 is 0 Å². The van der Waals surface area contributed by atoms with Crippen molar-refractivity contribution in [3.63, 3.8) is 0 Å². The Labute approximate surface area is 164 Å². The number of fused-ring (bicyclic) bond motifs is 1. The number of nitrogens with zero attached hydrogens (tertiary/aromatic N) is 2. The standard InChI is InChI=1S/C17H18F3N3O5S/c1-28-11-5-10(17(18,19)20)6-12(7-11)29(26,27)22-14-3-2-4-15-13(14)8-21-23(15)9-16(24)25/h5-8,14,22H,2-4,9H2,1H3,(H,24,25)/t14-/m1/s1. The Balaban J connectivity index is 1.94. The third-order valence-corrected chi connectivity index (χ3v) is 6.05. The molecule has 0 aliphatic heterocycles. The highest BCUT2D eigenvalue weighted by molar-refractivity contribution is 7.89. The first-order valence-electron chi connectivity index (χ1n) is 8.56. The molecule has 0 fully saturated rings. The Morgan fingerprint density at radius 3 is 2.72 bits per heavy atom. The molecule has 0 unspecified atom stereocenters. The lowest BCUT2D eigenvalue weighted by atomic mass is 9.94. The number of benzene rings is 1. The highest BCUT2D eigenvalue weighted by Crippen LogP contribution is 2.35. The van der Waals surface area contributed by atoms with Crippen LogP contribution in [0, 0.1) is 0 Å². The number of carboxylic acids is 1. The summed E-state index contributed by atoms with van der Waals surface area (Å²) in [5.74, 6) is -1.33. The first kappa shape index (κ1) is 21.1. The summed E-state index contributed by atoms with van der Waals surface area (Å²) >= 11 is 0. The Morgan fingerprint density at radius 1 is 1.38 bits per heavy atom. The largest absolute Gasteiger partial charge is 0.497 e. The quantitative estimate of drug-likeness (QED) is 0.724. The van der Waals surface area contributed by atoms with Gasteiger partial charge in [-0.15, -0.1) is 0 Å². The maximum atomic E-state index is 13.1. The van der Waals surface area contributed by atoms with Crippen LogP contribution < -0.4 is 9.46 Å². The molecule has 3 rings (SSSR count). The molecule has 0 bridgehead atoms. The first-order chi connectivity index (χ1) is 13.5. The van der Waals surface area contributed by atoms with E-state index in [2.05, 4.69) is 9.82 Å². The second kappa shape index (κ2) is 7.67. The van der Waals surface area contributed by atoms with E-state index in [0.717, 1.165) is 13.2 Å². The molecule has 2 N–H and O–H groups in total. The normalized spacial score (nSPS) is 17.0. The summed E-state index contributed by atoms with van der Waals surface area (Å²) in [5, 5.41) is 12.9. The average molecular weight is 433 g/mol. The van der Waals surface area contributed by atoms with Crippen molar-refractivity contribution >= 4 is 16.0 Å². The van der Waals surface area contributed by atoms with E-state index in [1.807, 2.05) is 0 Å². The molecule has 0 radical (unpaired) electrons. The van der Waals surface area contributed by atoms with Gasteiger partial charge < -0.3 is 9.84 Å². The van der Waals surface area contributed by atoms with Gasteiger partial charge in [-0.2, -0.15) is 18.3 Å². The minimum atomic E-state index is -4.74. The Morgan fingerprint density at radius 2 is 2.10 bits per heavy atom. The number of hydrogen-bond donors (Lipinski definition) is 2. The summed E-state index contributed by atoms with van der Waals surface area (Å²) in [7, 11) is -3.17. The number of carbonyl (C=O) groups is 1. The molecular formula is C17H18F3N3O5S.